The maximum absolute atomic E-state index is 12.6. The van der Waals surface area contributed by atoms with E-state index in [-0.39, 0.29) is 12.1 Å². The minimum atomic E-state index is -4.44. The van der Waals surface area contributed by atoms with Gasteiger partial charge in [0.15, 0.2) is 0 Å². The van der Waals surface area contributed by atoms with Crippen LogP contribution in [0.3, 0.4) is 0 Å². The van der Waals surface area contributed by atoms with Crippen LogP contribution in [-0.4, -0.2) is 30.1 Å². The summed E-state index contributed by atoms with van der Waals surface area (Å²) >= 11 is 0. The molecule has 1 aromatic carbocycles. The molecule has 0 spiro atoms. The fraction of sp³-hybridized carbons (Fsp3) is 0.364. The number of benzene rings is 1. The highest BCUT2D eigenvalue weighted by Gasteiger charge is 2.32. The van der Waals surface area contributed by atoms with Crippen LogP contribution in [0.2, 0.25) is 0 Å². The zero-order chi connectivity index (χ0) is 13.1. The van der Waals surface area contributed by atoms with Crippen molar-refractivity contribution in [1.29, 1.82) is 0 Å². The van der Waals surface area contributed by atoms with Gasteiger partial charge in [-0.05, 0) is 31.2 Å². The molecule has 0 fully saturated rings. The summed E-state index contributed by atoms with van der Waals surface area (Å²) in [6, 6.07) is 4.40. The number of rotatable bonds is 3. The Morgan fingerprint density at radius 3 is 2.18 bits per heavy atom. The van der Waals surface area contributed by atoms with Crippen LogP contribution >= 0.6 is 0 Å². The van der Waals surface area contributed by atoms with Crippen molar-refractivity contribution in [3.05, 3.63) is 35.6 Å². The number of carbonyl (C=O) groups is 1. The third-order valence-corrected chi connectivity index (χ3v) is 2.13. The second kappa shape index (κ2) is 5.16. The molecule has 0 aromatic heterocycles. The molecule has 0 radical (unpaired) electrons. The van der Waals surface area contributed by atoms with Crippen LogP contribution in [0.5, 0.6) is 0 Å². The highest BCUT2D eigenvalue weighted by atomic mass is 19.4. The molecule has 0 saturated heterocycles. The molecule has 0 N–H and O–H groups in total. The molecule has 0 unspecified atom stereocenters. The third kappa shape index (κ3) is 4.05. The molecule has 1 amide bonds. The van der Waals surface area contributed by atoms with E-state index in [0.29, 0.717) is 4.90 Å². The van der Waals surface area contributed by atoms with Crippen molar-refractivity contribution < 1.29 is 22.4 Å². The first-order valence-electron chi connectivity index (χ1n) is 4.95. The lowest BCUT2D eigenvalue weighted by Gasteiger charge is -2.22. The molecule has 17 heavy (non-hydrogen) atoms. The van der Waals surface area contributed by atoms with E-state index in [2.05, 4.69) is 0 Å². The highest BCUT2D eigenvalue weighted by Crippen LogP contribution is 2.18. The van der Waals surface area contributed by atoms with Gasteiger partial charge in [0, 0.05) is 12.1 Å². The van der Waals surface area contributed by atoms with E-state index in [1.807, 2.05) is 0 Å². The third-order valence-electron chi connectivity index (χ3n) is 2.13. The Bertz CT molecular complexity index is 385. The van der Waals surface area contributed by atoms with Crippen molar-refractivity contribution >= 4 is 5.91 Å². The molecule has 6 heteroatoms. The van der Waals surface area contributed by atoms with Crippen molar-refractivity contribution in [2.45, 2.75) is 13.1 Å². The van der Waals surface area contributed by atoms with Gasteiger partial charge in [-0.2, -0.15) is 13.2 Å². The van der Waals surface area contributed by atoms with E-state index in [1.165, 1.54) is 6.92 Å². The van der Waals surface area contributed by atoms with Gasteiger partial charge in [-0.25, -0.2) is 4.39 Å². The first-order valence-corrected chi connectivity index (χ1v) is 4.95. The van der Waals surface area contributed by atoms with Gasteiger partial charge < -0.3 is 4.90 Å². The summed E-state index contributed by atoms with van der Waals surface area (Å²) in [5, 5.41) is 0. The fourth-order valence-electron chi connectivity index (χ4n) is 1.32. The second-order valence-electron chi connectivity index (χ2n) is 3.44. The molecule has 0 saturated carbocycles. The fourth-order valence-corrected chi connectivity index (χ4v) is 1.32. The average molecular weight is 249 g/mol. The van der Waals surface area contributed by atoms with Gasteiger partial charge in [0.05, 0.1) is 0 Å². The van der Waals surface area contributed by atoms with E-state index in [4.69, 9.17) is 0 Å². The molecule has 94 valence electrons. The Morgan fingerprint density at radius 2 is 1.76 bits per heavy atom. The Hall–Kier alpha value is -1.59. The van der Waals surface area contributed by atoms with Gasteiger partial charge in [0.1, 0.15) is 12.4 Å². The Labute approximate surface area is 95.8 Å². The van der Waals surface area contributed by atoms with Gasteiger partial charge >= 0.3 is 6.18 Å². The van der Waals surface area contributed by atoms with Gasteiger partial charge in [-0.1, -0.05) is 0 Å². The maximum Gasteiger partial charge on any atom is 0.406 e. The predicted molar refractivity (Wildman–Crippen MR) is 54.0 cm³/mol. The molecule has 1 rings (SSSR count). The lowest BCUT2D eigenvalue weighted by Crippen LogP contribution is -2.38. The van der Waals surface area contributed by atoms with Crippen LogP contribution in [0.25, 0.3) is 0 Å². The summed E-state index contributed by atoms with van der Waals surface area (Å²) in [5.74, 6) is -1.30. The number of halogens is 4. The summed E-state index contributed by atoms with van der Waals surface area (Å²) in [6.07, 6.45) is -4.44. The van der Waals surface area contributed by atoms with Crippen LogP contribution in [-0.2, 0) is 0 Å². The van der Waals surface area contributed by atoms with Crippen LogP contribution in [0.4, 0.5) is 17.6 Å². The number of hydrogen-bond donors (Lipinski definition) is 0. The molecule has 0 aliphatic carbocycles. The van der Waals surface area contributed by atoms with Crippen molar-refractivity contribution in [2.24, 2.45) is 0 Å². The summed E-state index contributed by atoms with van der Waals surface area (Å²) < 4.78 is 49.1. The molecule has 0 heterocycles. The molecule has 0 aliphatic heterocycles. The molecule has 0 aliphatic rings. The minimum Gasteiger partial charge on any atom is -0.330 e. The summed E-state index contributed by atoms with van der Waals surface area (Å²) in [4.78, 5) is 12.3. The van der Waals surface area contributed by atoms with E-state index in [0.717, 1.165) is 24.3 Å². The van der Waals surface area contributed by atoms with Gasteiger partial charge in [-0.15, -0.1) is 0 Å². The standard InChI is InChI=1S/C11H11F4NO/c1-2-16(7-11(13,14)15)10(17)8-3-5-9(12)6-4-8/h3-6H,2,7H2,1H3. The largest absolute Gasteiger partial charge is 0.406 e. The maximum atomic E-state index is 12.6. The normalized spacial score (nSPS) is 11.4. The quantitative estimate of drug-likeness (QED) is 0.754. The lowest BCUT2D eigenvalue weighted by atomic mass is 10.2. The molecule has 0 atom stereocenters. The van der Waals surface area contributed by atoms with Gasteiger partial charge in [-0.3, -0.25) is 4.79 Å². The zero-order valence-electron chi connectivity index (χ0n) is 9.09. The average Bonchev–Trinajstić information content (AvgIpc) is 2.25. The van der Waals surface area contributed by atoms with Crippen LogP contribution in [0.1, 0.15) is 17.3 Å². The number of hydrogen-bond acceptors (Lipinski definition) is 1. The van der Waals surface area contributed by atoms with E-state index in [1.54, 1.807) is 0 Å². The molecule has 0 bridgehead atoms. The Morgan fingerprint density at radius 1 is 1.24 bits per heavy atom. The van der Waals surface area contributed by atoms with Gasteiger partial charge in [0.25, 0.3) is 5.91 Å². The van der Waals surface area contributed by atoms with Crippen LogP contribution in [0.15, 0.2) is 24.3 Å². The highest BCUT2D eigenvalue weighted by molar-refractivity contribution is 5.94. The van der Waals surface area contributed by atoms with Crippen molar-refractivity contribution in [3.8, 4) is 0 Å². The van der Waals surface area contributed by atoms with E-state index in [9.17, 15) is 22.4 Å². The molecule has 2 nitrogen and oxygen atoms in total. The predicted octanol–water partition coefficient (Wildman–Crippen LogP) is 2.85. The first-order chi connectivity index (χ1) is 7.83. The molecular weight excluding hydrogens is 238 g/mol. The van der Waals surface area contributed by atoms with E-state index >= 15 is 0 Å². The van der Waals surface area contributed by atoms with Crippen molar-refractivity contribution in [1.82, 2.24) is 4.90 Å². The van der Waals surface area contributed by atoms with Crippen molar-refractivity contribution in [3.63, 3.8) is 0 Å². The minimum absolute atomic E-state index is 0.0394. The summed E-state index contributed by atoms with van der Waals surface area (Å²) in [6.45, 7) is 0.0859. The van der Waals surface area contributed by atoms with Crippen LogP contribution < -0.4 is 0 Å². The van der Waals surface area contributed by atoms with Gasteiger partial charge in [0.2, 0.25) is 0 Å². The summed E-state index contributed by atoms with van der Waals surface area (Å²) in [7, 11) is 0. The Balaban J connectivity index is 2.83. The number of nitrogens with zero attached hydrogens (tertiary/aromatic N) is 1. The molecular formula is C11H11F4NO. The summed E-state index contributed by atoms with van der Waals surface area (Å²) in [5.41, 5.74) is 0.0394. The number of alkyl halides is 3. The smallest absolute Gasteiger partial charge is 0.330 e. The zero-order valence-corrected chi connectivity index (χ0v) is 9.09. The topological polar surface area (TPSA) is 20.3 Å². The first kappa shape index (κ1) is 13.5. The SMILES string of the molecule is CCN(CC(F)(F)F)C(=O)c1ccc(F)cc1. The number of amides is 1. The number of carbonyl (C=O) groups excluding carboxylic acids is 1. The monoisotopic (exact) mass is 249 g/mol. The van der Waals surface area contributed by atoms with Crippen LogP contribution in [0, 0.1) is 5.82 Å². The molecule has 1 aromatic rings. The van der Waals surface area contributed by atoms with E-state index < -0.39 is 24.4 Å². The second-order valence-corrected chi connectivity index (χ2v) is 3.44. The van der Waals surface area contributed by atoms with Crippen molar-refractivity contribution in [2.75, 3.05) is 13.1 Å². The Kier molecular flexibility index (Phi) is 4.09. The lowest BCUT2D eigenvalue weighted by molar-refractivity contribution is -0.140.